The number of nitrogens with zero attached hydrogens (tertiary/aromatic N) is 1. The summed E-state index contributed by atoms with van der Waals surface area (Å²) in [4.78, 5) is 17.4. The van der Waals surface area contributed by atoms with E-state index in [9.17, 15) is 18.0 Å². The van der Waals surface area contributed by atoms with Crippen LogP contribution in [0, 0.1) is 11.8 Å². The Bertz CT molecular complexity index is 817. The Morgan fingerprint density at radius 3 is 2.76 bits per heavy atom. The number of alkyl halides is 3. The molecule has 2 aromatic rings. The van der Waals surface area contributed by atoms with Gasteiger partial charge in [-0.3, -0.25) is 4.79 Å². The molecule has 0 radical (unpaired) electrons. The number of benzene rings is 1. The van der Waals surface area contributed by atoms with E-state index < -0.39 is 6.36 Å². The quantitative estimate of drug-likeness (QED) is 0.872. The third-order valence-corrected chi connectivity index (χ3v) is 5.26. The van der Waals surface area contributed by atoms with Gasteiger partial charge in [0.2, 0.25) is 0 Å². The molecule has 1 aliphatic heterocycles. The number of carbonyl (C=O) groups is 1. The fourth-order valence-electron chi connectivity index (χ4n) is 4.06. The first-order valence-corrected chi connectivity index (χ1v) is 8.23. The van der Waals surface area contributed by atoms with Crippen LogP contribution in [0.2, 0.25) is 0 Å². The summed E-state index contributed by atoms with van der Waals surface area (Å²) in [6.45, 7) is 1.33. The molecule has 1 saturated heterocycles. The second kappa shape index (κ2) is 5.66. The van der Waals surface area contributed by atoms with Crippen LogP contribution in [0.4, 0.5) is 13.2 Å². The number of ether oxygens (including phenoxy) is 1. The lowest BCUT2D eigenvalue weighted by Gasteiger charge is -2.17. The number of fused-ring (bicyclic) bond motifs is 2. The van der Waals surface area contributed by atoms with Crippen LogP contribution < -0.4 is 10.5 Å². The third kappa shape index (κ3) is 3.06. The molecule has 1 aromatic carbocycles. The Labute approximate surface area is 141 Å². The number of carbonyl (C=O) groups excluding carboxylic acids is 1. The molecule has 8 heteroatoms. The van der Waals surface area contributed by atoms with E-state index in [0.717, 1.165) is 12.8 Å². The summed E-state index contributed by atoms with van der Waals surface area (Å²) >= 11 is 0. The number of halogens is 3. The predicted molar refractivity (Wildman–Crippen MR) is 85.1 cm³/mol. The minimum Gasteiger partial charge on any atom is -0.406 e. The van der Waals surface area contributed by atoms with E-state index in [-0.39, 0.29) is 17.7 Å². The Morgan fingerprint density at radius 1 is 1.24 bits per heavy atom. The van der Waals surface area contributed by atoms with E-state index in [1.807, 2.05) is 0 Å². The lowest BCUT2D eigenvalue weighted by atomic mass is 9.98. The summed E-state index contributed by atoms with van der Waals surface area (Å²) < 4.78 is 40.9. The van der Waals surface area contributed by atoms with Gasteiger partial charge in [-0.05, 0) is 42.9 Å². The Balaban J connectivity index is 1.54. The molecule has 25 heavy (non-hydrogen) atoms. The first kappa shape index (κ1) is 16.3. The number of aromatic nitrogens is 1. The number of rotatable bonds is 2. The Hall–Kier alpha value is -2.22. The van der Waals surface area contributed by atoms with Crippen molar-refractivity contribution in [3.8, 4) is 5.75 Å². The van der Waals surface area contributed by atoms with Crippen LogP contribution in [0.3, 0.4) is 0 Å². The van der Waals surface area contributed by atoms with Gasteiger partial charge >= 0.3 is 6.36 Å². The zero-order chi connectivity index (χ0) is 17.8. The highest BCUT2D eigenvalue weighted by atomic mass is 19.4. The molecule has 1 amide bonds. The smallest absolute Gasteiger partial charge is 0.406 e. The largest absolute Gasteiger partial charge is 0.573 e. The highest BCUT2D eigenvalue weighted by Crippen LogP contribution is 2.37. The van der Waals surface area contributed by atoms with Gasteiger partial charge in [0, 0.05) is 36.1 Å². The van der Waals surface area contributed by atoms with Gasteiger partial charge in [0.25, 0.3) is 5.91 Å². The molecule has 2 heterocycles. The Kier molecular flexibility index (Phi) is 3.68. The number of likely N-dealkylation sites (tertiary alicyclic amines) is 1. The Morgan fingerprint density at radius 2 is 2.04 bits per heavy atom. The predicted octanol–water partition coefficient (Wildman–Crippen LogP) is 2.88. The zero-order valence-corrected chi connectivity index (χ0v) is 13.3. The molecule has 5 nitrogen and oxygen atoms in total. The van der Waals surface area contributed by atoms with Crippen LogP contribution >= 0.6 is 0 Å². The van der Waals surface area contributed by atoms with Gasteiger partial charge in [-0.1, -0.05) is 0 Å². The molecule has 3 atom stereocenters. The van der Waals surface area contributed by atoms with Crippen molar-refractivity contribution in [3.63, 3.8) is 0 Å². The molecule has 134 valence electrons. The van der Waals surface area contributed by atoms with E-state index >= 15 is 0 Å². The number of H-pyrrole nitrogens is 1. The fourth-order valence-corrected chi connectivity index (χ4v) is 4.06. The number of hydrogen-bond acceptors (Lipinski definition) is 3. The van der Waals surface area contributed by atoms with Crippen LogP contribution in [-0.2, 0) is 0 Å². The van der Waals surface area contributed by atoms with Crippen LogP contribution in [0.5, 0.6) is 5.75 Å². The van der Waals surface area contributed by atoms with Crippen LogP contribution in [0.25, 0.3) is 10.9 Å². The van der Waals surface area contributed by atoms with Crippen molar-refractivity contribution in [2.75, 3.05) is 13.1 Å². The minimum absolute atomic E-state index is 0.143. The summed E-state index contributed by atoms with van der Waals surface area (Å²) in [6, 6.07) is 5.78. The van der Waals surface area contributed by atoms with Gasteiger partial charge in [0.05, 0.1) is 0 Å². The highest BCUT2D eigenvalue weighted by Gasteiger charge is 2.42. The average molecular weight is 353 g/mol. The van der Waals surface area contributed by atoms with Crippen LogP contribution in [0.15, 0.2) is 24.3 Å². The van der Waals surface area contributed by atoms with E-state index in [2.05, 4.69) is 9.72 Å². The number of nitrogens with two attached hydrogens (primary N) is 1. The molecule has 1 aromatic heterocycles. The standard InChI is InChI=1S/C17H18F3N3O2/c18-17(19,20)25-11-3-1-9-5-15(22-14(9)6-11)16(24)23-7-10-2-4-13(21)12(10)8-23/h1,3,5-6,10,12-13,22H,2,4,7-8,21H2. The maximum atomic E-state index is 12.7. The molecule has 2 aliphatic rings. The van der Waals surface area contributed by atoms with Crippen molar-refractivity contribution in [3.05, 3.63) is 30.0 Å². The van der Waals surface area contributed by atoms with E-state index in [0.29, 0.717) is 41.5 Å². The molecule has 1 aliphatic carbocycles. The number of aromatic amines is 1. The molecular formula is C17H18F3N3O2. The summed E-state index contributed by atoms with van der Waals surface area (Å²) in [5.41, 5.74) is 6.90. The monoisotopic (exact) mass is 353 g/mol. The molecule has 2 fully saturated rings. The third-order valence-electron chi connectivity index (χ3n) is 5.26. The summed E-state index contributed by atoms with van der Waals surface area (Å²) in [7, 11) is 0. The topological polar surface area (TPSA) is 71.3 Å². The maximum Gasteiger partial charge on any atom is 0.573 e. The summed E-state index contributed by atoms with van der Waals surface area (Å²) in [6.07, 6.45) is -2.70. The number of amides is 1. The van der Waals surface area contributed by atoms with Crippen LogP contribution in [-0.4, -0.2) is 41.3 Å². The van der Waals surface area contributed by atoms with E-state index in [1.165, 1.54) is 18.2 Å². The van der Waals surface area contributed by atoms with Gasteiger partial charge in [-0.2, -0.15) is 0 Å². The van der Waals surface area contributed by atoms with Gasteiger partial charge in [-0.15, -0.1) is 13.2 Å². The molecule has 4 rings (SSSR count). The molecule has 1 saturated carbocycles. The van der Waals surface area contributed by atoms with Gasteiger partial charge in [0.1, 0.15) is 11.4 Å². The number of hydrogen-bond donors (Lipinski definition) is 2. The lowest BCUT2D eigenvalue weighted by molar-refractivity contribution is -0.274. The molecule has 3 N–H and O–H groups in total. The maximum absolute atomic E-state index is 12.7. The first-order valence-electron chi connectivity index (χ1n) is 8.23. The fraction of sp³-hybridized carbons (Fsp3) is 0.471. The van der Waals surface area contributed by atoms with Gasteiger partial charge in [0.15, 0.2) is 0 Å². The second-order valence-electron chi connectivity index (χ2n) is 6.86. The van der Waals surface area contributed by atoms with Crippen molar-refractivity contribution >= 4 is 16.8 Å². The van der Waals surface area contributed by atoms with Crippen molar-refractivity contribution in [1.29, 1.82) is 0 Å². The highest BCUT2D eigenvalue weighted by molar-refractivity contribution is 5.98. The van der Waals surface area contributed by atoms with Crippen molar-refractivity contribution in [1.82, 2.24) is 9.88 Å². The molecule has 0 spiro atoms. The normalized spacial score (nSPS) is 26.2. The van der Waals surface area contributed by atoms with E-state index in [4.69, 9.17) is 5.73 Å². The summed E-state index contributed by atoms with van der Waals surface area (Å²) in [5.74, 6) is 0.342. The van der Waals surface area contributed by atoms with Crippen molar-refractivity contribution in [2.45, 2.75) is 25.2 Å². The minimum atomic E-state index is -4.75. The average Bonchev–Trinajstić information content (AvgIpc) is 3.20. The van der Waals surface area contributed by atoms with Crippen LogP contribution in [0.1, 0.15) is 23.3 Å². The number of nitrogens with one attached hydrogen (secondary N) is 1. The summed E-state index contributed by atoms with van der Waals surface area (Å²) in [5, 5.41) is 0.661. The van der Waals surface area contributed by atoms with Gasteiger partial charge < -0.3 is 20.4 Å². The lowest BCUT2D eigenvalue weighted by Crippen LogP contribution is -2.33. The molecule has 0 bridgehead atoms. The second-order valence-corrected chi connectivity index (χ2v) is 6.86. The van der Waals surface area contributed by atoms with Gasteiger partial charge in [-0.25, -0.2) is 0 Å². The zero-order valence-electron chi connectivity index (χ0n) is 13.3. The SMILES string of the molecule is NC1CCC2CN(C(=O)c3cc4ccc(OC(F)(F)F)cc4[nH]3)CC12. The molecular weight excluding hydrogens is 335 g/mol. The van der Waals surface area contributed by atoms with Crippen molar-refractivity contribution < 1.29 is 22.7 Å². The first-order chi connectivity index (χ1) is 11.8. The van der Waals surface area contributed by atoms with Crippen molar-refractivity contribution in [2.24, 2.45) is 17.6 Å². The van der Waals surface area contributed by atoms with E-state index in [1.54, 1.807) is 11.0 Å². The molecule has 3 unspecified atom stereocenters.